The smallest absolute Gasteiger partial charge is 0.215 e. The zero-order valence-electron chi connectivity index (χ0n) is 20.4. The Kier molecular flexibility index (Phi) is 4.97. The van der Waals surface area contributed by atoms with Crippen LogP contribution in [0.2, 0.25) is 0 Å². The Labute approximate surface area is 211 Å². The van der Waals surface area contributed by atoms with Crippen LogP contribution < -0.4 is 11.1 Å². The monoisotopic (exact) mass is 492 g/mol. The van der Waals surface area contributed by atoms with E-state index in [1.54, 1.807) is 40.6 Å². The number of benzene rings is 2. The molecule has 2 aromatic carbocycles. The number of hydrogen-bond acceptors (Lipinski definition) is 7. The number of anilines is 3. The van der Waals surface area contributed by atoms with Crippen molar-refractivity contribution < 1.29 is 9.90 Å². The lowest BCUT2D eigenvalue weighted by Crippen LogP contribution is -2.09. The van der Waals surface area contributed by atoms with Crippen LogP contribution in [0.15, 0.2) is 61.1 Å². The molecule has 6 aromatic rings. The number of phenolic OH excluding ortho intramolecular Hbond substituents is 1. The fourth-order valence-electron chi connectivity index (χ4n) is 4.77. The zero-order valence-corrected chi connectivity index (χ0v) is 20.4. The number of aromatic hydroxyl groups is 1. The van der Waals surface area contributed by atoms with Crippen molar-refractivity contribution in [3.8, 4) is 11.4 Å². The molecule has 4 aromatic heterocycles. The van der Waals surface area contributed by atoms with Crippen LogP contribution in [0.5, 0.6) is 5.75 Å². The Morgan fingerprint density at radius 2 is 1.92 bits per heavy atom. The lowest BCUT2D eigenvalue weighted by Gasteiger charge is -2.15. The first-order valence-corrected chi connectivity index (χ1v) is 11.7. The molecule has 0 unspecified atom stereocenters. The number of nitrogens with zero attached hydrogens (tertiary/aromatic N) is 5. The maximum atomic E-state index is 13.9. The van der Waals surface area contributed by atoms with Gasteiger partial charge in [-0.25, -0.2) is 4.98 Å². The molecule has 0 aliphatic carbocycles. The highest BCUT2D eigenvalue weighted by atomic mass is 16.3. The SMILES string of the molecule is Cc1ccc(O)c(C)c1-n1c(N)c(C(=O)c2cc3cccc(Nc4ccn(C)n4)c3[nH]2)c2nccnc21. The van der Waals surface area contributed by atoms with Gasteiger partial charge in [-0.05, 0) is 37.6 Å². The summed E-state index contributed by atoms with van der Waals surface area (Å²) in [6.07, 6.45) is 4.94. The number of para-hydroxylation sites is 1. The number of aromatic nitrogens is 6. The third-order valence-electron chi connectivity index (χ3n) is 6.56. The predicted molar refractivity (Wildman–Crippen MR) is 143 cm³/mol. The van der Waals surface area contributed by atoms with Gasteiger partial charge in [-0.3, -0.25) is 19.0 Å². The number of nitrogens with one attached hydrogen (secondary N) is 2. The molecule has 0 amide bonds. The van der Waals surface area contributed by atoms with E-state index in [2.05, 4.69) is 25.4 Å². The number of phenols is 1. The highest BCUT2D eigenvalue weighted by Crippen LogP contribution is 2.36. The topological polar surface area (TPSA) is 140 Å². The number of carbonyl (C=O) groups excluding carboxylic acids is 1. The first kappa shape index (κ1) is 22.4. The van der Waals surface area contributed by atoms with E-state index in [-0.39, 0.29) is 22.9 Å². The molecule has 0 saturated carbocycles. The van der Waals surface area contributed by atoms with Crippen molar-refractivity contribution >= 4 is 45.2 Å². The quantitative estimate of drug-likeness (QED) is 0.260. The van der Waals surface area contributed by atoms with Gasteiger partial charge in [-0.15, -0.1) is 0 Å². The number of aryl methyl sites for hydroxylation is 2. The molecule has 10 nitrogen and oxygen atoms in total. The second-order valence-corrected chi connectivity index (χ2v) is 8.98. The fourth-order valence-corrected chi connectivity index (χ4v) is 4.77. The van der Waals surface area contributed by atoms with Crippen molar-refractivity contribution in [3.05, 3.63) is 83.4 Å². The largest absolute Gasteiger partial charge is 0.508 e. The lowest BCUT2D eigenvalue weighted by atomic mass is 10.1. The molecule has 0 atom stereocenters. The third-order valence-corrected chi connectivity index (χ3v) is 6.56. The molecule has 6 rings (SSSR count). The normalized spacial score (nSPS) is 11.4. The van der Waals surface area contributed by atoms with Gasteiger partial charge in [0.2, 0.25) is 5.78 Å². The molecule has 0 bridgehead atoms. The van der Waals surface area contributed by atoms with Crippen LogP contribution in [-0.4, -0.2) is 40.2 Å². The third kappa shape index (κ3) is 3.49. The Morgan fingerprint density at radius 3 is 2.70 bits per heavy atom. The minimum Gasteiger partial charge on any atom is -0.508 e. The molecule has 10 heteroatoms. The van der Waals surface area contributed by atoms with E-state index < -0.39 is 0 Å². The maximum absolute atomic E-state index is 13.9. The molecule has 0 spiro atoms. The van der Waals surface area contributed by atoms with Gasteiger partial charge in [0.15, 0.2) is 11.5 Å². The Bertz CT molecular complexity index is 1840. The maximum Gasteiger partial charge on any atom is 0.215 e. The summed E-state index contributed by atoms with van der Waals surface area (Å²) in [5.74, 6) is 0.713. The van der Waals surface area contributed by atoms with Crippen molar-refractivity contribution in [1.82, 2.24) is 29.3 Å². The number of H-pyrrole nitrogens is 1. The molecule has 5 N–H and O–H groups in total. The van der Waals surface area contributed by atoms with Crippen molar-refractivity contribution in [2.75, 3.05) is 11.1 Å². The van der Waals surface area contributed by atoms with Crippen LogP contribution in [0, 0.1) is 13.8 Å². The van der Waals surface area contributed by atoms with Crippen LogP contribution >= 0.6 is 0 Å². The Balaban J connectivity index is 1.51. The predicted octanol–water partition coefficient (Wildman–Crippen LogP) is 4.51. The number of nitrogens with two attached hydrogens (primary N) is 1. The molecule has 0 fully saturated rings. The second kappa shape index (κ2) is 8.23. The molecular weight excluding hydrogens is 468 g/mol. The number of fused-ring (bicyclic) bond motifs is 2. The van der Waals surface area contributed by atoms with Crippen LogP contribution in [0.25, 0.3) is 27.8 Å². The first-order chi connectivity index (χ1) is 17.8. The van der Waals surface area contributed by atoms with E-state index in [0.29, 0.717) is 33.9 Å². The Hall–Kier alpha value is -5.12. The molecule has 37 heavy (non-hydrogen) atoms. The number of hydrogen-bond donors (Lipinski definition) is 4. The average molecular weight is 493 g/mol. The van der Waals surface area contributed by atoms with Gasteiger partial charge < -0.3 is 21.1 Å². The molecule has 0 aliphatic heterocycles. The van der Waals surface area contributed by atoms with Gasteiger partial charge in [-0.2, -0.15) is 5.10 Å². The van der Waals surface area contributed by atoms with E-state index in [1.807, 2.05) is 44.4 Å². The first-order valence-electron chi connectivity index (χ1n) is 11.7. The summed E-state index contributed by atoms with van der Waals surface area (Å²) in [6, 6.07) is 12.9. The van der Waals surface area contributed by atoms with Crippen LogP contribution in [0.3, 0.4) is 0 Å². The standard InChI is InChI=1S/C27H24N8O2/c1-14-7-8-19(36)15(2)24(14)35-26(28)21(23-27(35)30-11-10-29-23)25(37)18-13-16-5-4-6-17(22(16)32-18)31-20-9-12-34(3)33-20/h4-13,32,36H,28H2,1-3H3,(H,31,33). The van der Waals surface area contributed by atoms with E-state index in [9.17, 15) is 9.90 Å². The van der Waals surface area contributed by atoms with Crippen LogP contribution in [0.4, 0.5) is 17.3 Å². The number of rotatable bonds is 5. The van der Waals surface area contributed by atoms with E-state index in [4.69, 9.17) is 5.73 Å². The van der Waals surface area contributed by atoms with Gasteiger partial charge in [0.05, 0.1) is 28.1 Å². The van der Waals surface area contributed by atoms with Gasteiger partial charge >= 0.3 is 0 Å². The van der Waals surface area contributed by atoms with E-state index >= 15 is 0 Å². The number of ketones is 1. The van der Waals surface area contributed by atoms with Crippen molar-refractivity contribution in [2.24, 2.45) is 7.05 Å². The highest BCUT2D eigenvalue weighted by Gasteiger charge is 2.27. The number of aromatic amines is 1. The summed E-state index contributed by atoms with van der Waals surface area (Å²) in [7, 11) is 1.85. The molecule has 0 radical (unpaired) electrons. The minimum atomic E-state index is -0.308. The summed E-state index contributed by atoms with van der Waals surface area (Å²) < 4.78 is 3.40. The number of nitrogen functional groups attached to an aromatic ring is 1. The van der Waals surface area contributed by atoms with Crippen molar-refractivity contribution in [2.45, 2.75) is 13.8 Å². The second-order valence-electron chi connectivity index (χ2n) is 8.98. The summed E-state index contributed by atoms with van der Waals surface area (Å²) in [4.78, 5) is 26.1. The number of carbonyl (C=O) groups is 1. The minimum absolute atomic E-state index is 0.127. The van der Waals surface area contributed by atoms with Gasteiger partial charge in [0, 0.05) is 42.7 Å². The van der Waals surface area contributed by atoms with Crippen molar-refractivity contribution in [1.29, 1.82) is 0 Å². The summed E-state index contributed by atoms with van der Waals surface area (Å²) in [5, 5.41) is 18.9. The van der Waals surface area contributed by atoms with Gasteiger partial charge in [-0.1, -0.05) is 18.2 Å². The zero-order chi connectivity index (χ0) is 25.8. The summed E-state index contributed by atoms with van der Waals surface area (Å²) in [6.45, 7) is 3.72. The van der Waals surface area contributed by atoms with E-state index in [1.165, 1.54) is 6.20 Å². The fraction of sp³-hybridized carbons (Fsp3) is 0.111. The molecule has 0 aliphatic rings. The molecule has 184 valence electrons. The molecule has 0 saturated heterocycles. The van der Waals surface area contributed by atoms with Gasteiger partial charge in [0.25, 0.3) is 0 Å². The highest BCUT2D eigenvalue weighted by molar-refractivity contribution is 6.19. The van der Waals surface area contributed by atoms with E-state index in [0.717, 1.165) is 22.2 Å². The van der Waals surface area contributed by atoms with Crippen LogP contribution in [-0.2, 0) is 7.05 Å². The van der Waals surface area contributed by atoms with Crippen LogP contribution in [0.1, 0.15) is 27.2 Å². The Morgan fingerprint density at radius 1 is 1.11 bits per heavy atom. The van der Waals surface area contributed by atoms with Crippen molar-refractivity contribution in [3.63, 3.8) is 0 Å². The summed E-state index contributed by atoms with van der Waals surface area (Å²) in [5.41, 5.74) is 11.8. The summed E-state index contributed by atoms with van der Waals surface area (Å²) >= 11 is 0. The lowest BCUT2D eigenvalue weighted by molar-refractivity contribution is 0.103. The molecular formula is C27H24N8O2. The van der Waals surface area contributed by atoms with Gasteiger partial charge in [0.1, 0.15) is 17.1 Å². The average Bonchev–Trinajstić information content (AvgIpc) is 3.58. The molecule has 4 heterocycles.